The number of hydrogen-bond donors (Lipinski definition) is 9. The maximum Gasteiger partial charge on any atom is 0.229 e. The number of Topliss-reactive ketones (excluding diaryl/α,β-unsaturated/α-hetero) is 1. The van der Waals surface area contributed by atoms with Crippen LogP contribution in [0.4, 0.5) is 0 Å². The molecule has 3 aliphatic heterocycles. The molecule has 2 aromatic rings. The van der Waals surface area contributed by atoms with Gasteiger partial charge in [0.2, 0.25) is 12.6 Å². The normalized spacial score (nSPS) is 35.5. The van der Waals surface area contributed by atoms with E-state index in [0.29, 0.717) is 5.56 Å². The topological polar surface area (TPSA) is 245 Å². The van der Waals surface area contributed by atoms with Crippen molar-refractivity contribution in [1.29, 1.82) is 0 Å². The first-order valence-corrected chi connectivity index (χ1v) is 14.0. The lowest BCUT2D eigenvalue weighted by molar-refractivity contribution is -0.277. The molecule has 242 valence electrons. The van der Waals surface area contributed by atoms with Crippen LogP contribution in [0.5, 0.6) is 23.0 Å². The van der Waals surface area contributed by atoms with Crippen LogP contribution in [-0.4, -0.2) is 126 Å². The zero-order valence-corrected chi connectivity index (χ0v) is 23.8. The van der Waals surface area contributed by atoms with Crippen LogP contribution in [0.1, 0.15) is 39.6 Å². The summed E-state index contributed by atoms with van der Waals surface area (Å²) in [5.41, 5.74) is 0.914. The Bertz CT molecular complexity index is 1350. The number of ether oxygens (including phenoxy) is 5. The number of aromatic hydroxyl groups is 1. The van der Waals surface area contributed by atoms with E-state index in [1.807, 2.05) is 0 Å². The van der Waals surface area contributed by atoms with Gasteiger partial charge in [-0.1, -0.05) is 12.1 Å². The third-order valence-electron chi connectivity index (χ3n) is 8.19. The third kappa shape index (κ3) is 5.72. The van der Waals surface area contributed by atoms with Crippen molar-refractivity contribution in [2.75, 3.05) is 13.2 Å². The molecular weight excluding hydrogens is 588 g/mol. The molecule has 11 atom stereocenters. The molecule has 44 heavy (non-hydrogen) atoms. The van der Waals surface area contributed by atoms with E-state index in [-0.39, 0.29) is 40.4 Å². The summed E-state index contributed by atoms with van der Waals surface area (Å²) in [5.74, 6) is -0.587. The van der Waals surface area contributed by atoms with E-state index in [4.69, 9.17) is 23.7 Å². The quantitative estimate of drug-likeness (QED) is 0.163. The van der Waals surface area contributed by atoms with Gasteiger partial charge in [-0.15, -0.1) is 0 Å². The number of benzene rings is 2. The van der Waals surface area contributed by atoms with Crippen LogP contribution in [0.15, 0.2) is 24.3 Å². The number of rotatable bonds is 7. The average molecular weight is 625 g/mol. The van der Waals surface area contributed by atoms with Gasteiger partial charge < -0.3 is 69.6 Å². The summed E-state index contributed by atoms with van der Waals surface area (Å²) in [5, 5.41) is 90.7. The van der Waals surface area contributed by atoms with Crippen LogP contribution in [0.25, 0.3) is 0 Å². The van der Waals surface area contributed by atoms with Gasteiger partial charge in [-0.3, -0.25) is 4.79 Å². The highest BCUT2D eigenvalue weighted by atomic mass is 16.7. The lowest BCUT2D eigenvalue weighted by Crippen LogP contribution is -2.60. The number of carbonyl (C=O) groups excluding carboxylic acids is 1. The number of carbonyl (C=O) groups is 1. The summed E-state index contributed by atoms with van der Waals surface area (Å²) in [6.07, 6.45) is -15.9. The van der Waals surface area contributed by atoms with Gasteiger partial charge in [0.1, 0.15) is 83.5 Å². The van der Waals surface area contributed by atoms with Crippen molar-refractivity contribution in [2.45, 2.75) is 87.8 Å². The van der Waals surface area contributed by atoms with Gasteiger partial charge >= 0.3 is 0 Å². The van der Waals surface area contributed by atoms with Crippen molar-refractivity contribution in [3.05, 3.63) is 46.5 Å². The summed E-state index contributed by atoms with van der Waals surface area (Å²) in [6.45, 7) is 1.78. The number of ketones is 1. The Hall–Kier alpha value is -3.09. The van der Waals surface area contributed by atoms with E-state index < -0.39 is 92.3 Å². The Balaban J connectivity index is 1.36. The summed E-state index contributed by atoms with van der Waals surface area (Å²) in [7, 11) is 0. The SMILES string of the molecule is Cc1c(O)c2c(c(C)c1OC1OC(CO)C(O)C(O)C1O)OC(c1ccc(OC3OC(CO)C(O)C(O)C3O)cc1)CC2=O. The minimum Gasteiger partial charge on any atom is -0.507 e. The van der Waals surface area contributed by atoms with E-state index in [9.17, 15) is 50.8 Å². The molecule has 0 bridgehead atoms. The Morgan fingerprint density at radius 2 is 1.27 bits per heavy atom. The Kier molecular flexibility index (Phi) is 9.34. The van der Waals surface area contributed by atoms with Crippen LogP contribution in [0, 0.1) is 13.8 Å². The first-order valence-electron chi connectivity index (χ1n) is 14.0. The van der Waals surface area contributed by atoms with Crippen molar-refractivity contribution >= 4 is 5.78 Å². The zero-order valence-electron chi connectivity index (χ0n) is 23.8. The van der Waals surface area contributed by atoms with Crippen molar-refractivity contribution < 1.29 is 74.4 Å². The van der Waals surface area contributed by atoms with Gasteiger partial charge in [0.25, 0.3) is 0 Å². The molecule has 0 spiro atoms. The maximum absolute atomic E-state index is 13.2. The Morgan fingerprint density at radius 3 is 1.80 bits per heavy atom. The van der Waals surface area contributed by atoms with Crippen LogP contribution in [0.2, 0.25) is 0 Å². The van der Waals surface area contributed by atoms with Crippen LogP contribution >= 0.6 is 0 Å². The molecule has 0 radical (unpaired) electrons. The Morgan fingerprint density at radius 1 is 0.750 bits per heavy atom. The monoisotopic (exact) mass is 624 g/mol. The third-order valence-corrected chi connectivity index (χ3v) is 8.19. The summed E-state index contributed by atoms with van der Waals surface area (Å²) in [4.78, 5) is 13.2. The fraction of sp³-hybridized carbons (Fsp3) is 0.552. The van der Waals surface area contributed by atoms with Crippen molar-refractivity contribution in [2.24, 2.45) is 0 Å². The van der Waals surface area contributed by atoms with Gasteiger partial charge in [-0.05, 0) is 31.5 Å². The first kappa shape index (κ1) is 32.3. The predicted octanol–water partition coefficient (Wildman–Crippen LogP) is -1.93. The van der Waals surface area contributed by atoms with E-state index in [1.165, 1.54) is 19.1 Å². The number of phenols is 1. The van der Waals surface area contributed by atoms with Gasteiger partial charge in [0.05, 0.1) is 19.6 Å². The Labute approximate surface area is 251 Å². The molecule has 0 aromatic heterocycles. The second-order valence-electron chi connectivity index (χ2n) is 11.1. The summed E-state index contributed by atoms with van der Waals surface area (Å²) < 4.78 is 28.4. The molecule has 2 fully saturated rings. The summed E-state index contributed by atoms with van der Waals surface area (Å²) >= 11 is 0. The van der Waals surface area contributed by atoms with Gasteiger partial charge in [-0.25, -0.2) is 0 Å². The molecule has 2 saturated heterocycles. The van der Waals surface area contributed by atoms with E-state index in [2.05, 4.69) is 0 Å². The highest BCUT2D eigenvalue weighted by Crippen LogP contribution is 2.48. The second-order valence-corrected chi connectivity index (χ2v) is 11.1. The number of fused-ring (bicyclic) bond motifs is 1. The van der Waals surface area contributed by atoms with Crippen LogP contribution in [-0.2, 0) is 9.47 Å². The van der Waals surface area contributed by atoms with E-state index in [1.54, 1.807) is 19.1 Å². The smallest absolute Gasteiger partial charge is 0.229 e. The molecule has 15 nitrogen and oxygen atoms in total. The fourth-order valence-electron chi connectivity index (χ4n) is 5.54. The van der Waals surface area contributed by atoms with Crippen LogP contribution in [0.3, 0.4) is 0 Å². The molecule has 15 heteroatoms. The minimum atomic E-state index is -1.70. The first-order chi connectivity index (χ1) is 20.9. The number of hydrogen-bond acceptors (Lipinski definition) is 15. The number of phenolic OH excluding ortho intramolecular Hbond substituents is 1. The standard InChI is InChI=1S/C29H36O15/c1-10-19(33)18-14(32)7-15(12-3-5-13(6-4-12)40-28-24(38)22(36)20(34)16(8-30)42-28)41-27(18)11(2)26(10)44-29-25(39)23(37)21(35)17(9-31)43-29/h3-6,15-17,20-25,28-31,33-39H,7-9H2,1-2H3. The molecular formula is C29H36O15. The van der Waals surface area contributed by atoms with Gasteiger partial charge in [0, 0.05) is 11.1 Å². The average Bonchev–Trinajstić information content (AvgIpc) is 3.02. The highest BCUT2D eigenvalue weighted by Gasteiger charge is 2.46. The van der Waals surface area contributed by atoms with Gasteiger partial charge in [0.15, 0.2) is 5.78 Å². The van der Waals surface area contributed by atoms with Crippen molar-refractivity contribution in [1.82, 2.24) is 0 Å². The molecule has 2 aromatic carbocycles. The highest BCUT2D eigenvalue weighted by molar-refractivity contribution is 6.03. The maximum atomic E-state index is 13.2. The van der Waals surface area contributed by atoms with Gasteiger partial charge in [-0.2, -0.15) is 0 Å². The minimum absolute atomic E-state index is 0.00214. The number of aliphatic hydroxyl groups excluding tert-OH is 8. The lowest BCUT2D eigenvalue weighted by Gasteiger charge is -2.40. The van der Waals surface area contributed by atoms with Crippen molar-refractivity contribution in [3.63, 3.8) is 0 Å². The molecule has 3 heterocycles. The molecule has 3 aliphatic rings. The number of aliphatic hydroxyl groups is 8. The lowest BCUT2D eigenvalue weighted by atomic mass is 9.91. The molecule has 5 rings (SSSR count). The molecule has 0 saturated carbocycles. The molecule has 11 unspecified atom stereocenters. The van der Waals surface area contributed by atoms with Crippen molar-refractivity contribution in [3.8, 4) is 23.0 Å². The predicted molar refractivity (Wildman–Crippen MR) is 145 cm³/mol. The zero-order chi connectivity index (χ0) is 32.0. The second kappa shape index (κ2) is 12.7. The van der Waals surface area contributed by atoms with Crippen LogP contribution < -0.4 is 14.2 Å². The molecule has 9 N–H and O–H groups in total. The molecule has 0 aliphatic carbocycles. The molecule has 0 amide bonds. The largest absolute Gasteiger partial charge is 0.507 e. The van der Waals surface area contributed by atoms with E-state index in [0.717, 1.165) is 0 Å². The fourth-order valence-corrected chi connectivity index (χ4v) is 5.54. The summed E-state index contributed by atoms with van der Waals surface area (Å²) in [6, 6.07) is 6.20. The van der Waals surface area contributed by atoms with E-state index >= 15 is 0 Å².